The molecule has 1 heterocycles. The predicted octanol–water partition coefficient (Wildman–Crippen LogP) is 4.18. The topological polar surface area (TPSA) is 12.9 Å². The lowest BCUT2D eigenvalue weighted by Crippen LogP contribution is -2.35. The quantitative estimate of drug-likeness (QED) is 0.788. The van der Waals surface area contributed by atoms with Gasteiger partial charge in [0, 0.05) is 16.5 Å². The van der Waals surface area contributed by atoms with Crippen LogP contribution in [0.15, 0.2) is 36.5 Å². The first-order chi connectivity index (χ1) is 8.35. The van der Waals surface area contributed by atoms with Crippen LogP contribution in [-0.2, 0) is 11.8 Å². The number of thiazole rings is 1. The molecule has 0 atom stereocenters. The molecule has 1 aromatic heterocycles. The van der Waals surface area contributed by atoms with Gasteiger partial charge in [0.1, 0.15) is 5.01 Å². The predicted molar refractivity (Wildman–Crippen MR) is 72.6 cm³/mol. The van der Waals surface area contributed by atoms with Crippen LogP contribution in [0.4, 0.5) is 0 Å². The lowest BCUT2D eigenvalue weighted by Gasteiger charge is -2.40. The molecule has 3 rings (SSSR count). The third-order valence-electron chi connectivity index (χ3n) is 3.84. The molecule has 1 aliphatic rings. The summed E-state index contributed by atoms with van der Waals surface area (Å²) in [6.07, 6.45) is 7.00. The number of aryl methyl sites for hydroxylation is 1. The van der Waals surface area contributed by atoms with Gasteiger partial charge in [-0.05, 0) is 24.8 Å². The van der Waals surface area contributed by atoms with E-state index in [-0.39, 0.29) is 5.41 Å². The molecule has 1 nitrogen and oxygen atoms in total. The second-order valence-corrected chi connectivity index (χ2v) is 5.90. The summed E-state index contributed by atoms with van der Waals surface area (Å²) >= 11 is 1.90. The van der Waals surface area contributed by atoms with E-state index in [1.54, 1.807) is 0 Å². The van der Waals surface area contributed by atoms with Crippen molar-refractivity contribution < 1.29 is 0 Å². The highest BCUT2D eigenvalue weighted by atomic mass is 32.1. The molecular formula is C15H17NS. The third kappa shape index (κ3) is 1.71. The van der Waals surface area contributed by atoms with Crippen molar-refractivity contribution in [2.24, 2.45) is 0 Å². The standard InChI is InChI=1S/C15H17NS/c1-2-13-11-16-14(17-13)15(9-6-10-15)12-7-4-3-5-8-12/h3-5,7-8,11H,2,6,9-10H2,1H3. The van der Waals surface area contributed by atoms with Crippen LogP contribution in [0.5, 0.6) is 0 Å². The number of hydrogen-bond donors (Lipinski definition) is 0. The van der Waals surface area contributed by atoms with E-state index in [2.05, 4.69) is 48.4 Å². The Morgan fingerprint density at radius 1 is 1.24 bits per heavy atom. The first-order valence-corrected chi connectivity index (χ1v) is 7.17. The van der Waals surface area contributed by atoms with E-state index in [0.717, 1.165) is 6.42 Å². The fourth-order valence-electron chi connectivity index (χ4n) is 2.61. The van der Waals surface area contributed by atoms with Gasteiger partial charge in [0.2, 0.25) is 0 Å². The molecule has 2 heteroatoms. The number of rotatable bonds is 3. The van der Waals surface area contributed by atoms with Crippen LogP contribution in [0.2, 0.25) is 0 Å². The molecule has 0 aliphatic heterocycles. The molecule has 0 bridgehead atoms. The van der Waals surface area contributed by atoms with Crippen LogP contribution in [0.1, 0.15) is 41.6 Å². The minimum Gasteiger partial charge on any atom is -0.248 e. The summed E-state index contributed by atoms with van der Waals surface area (Å²) in [5.74, 6) is 0. The second kappa shape index (κ2) is 4.26. The van der Waals surface area contributed by atoms with Crippen molar-refractivity contribution in [1.82, 2.24) is 4.98 Å². The molecule has 1 fully saturated rings. The van der Waals surface area contributed by atoms with E-state index in [4.69, 9.17) is 0 Å². The molecule has 17 heavy (non-hydrogen) atoms. The van der Waals surface area contributed by atoms with Gasteiger partial charge in [-0.1, -0.05) is 43.7 Å². The minimum absolute atomic E-state index is 0.235. The van der Waals surface area contributed by atoms with E-state index < -0.39 is 0 Å². The third-order valence-corrected chi connectivity index (χ3v) is 5.19. The van der Waals surface area contributed by atoms with Crippen LogP contribution in [0.3, 0.4) is 0 Å². The average molecular weight is 243 g/mol. The van der Waals surface area contributed by atoms with Crippen molar-refractivity contribution in [2.75, 3.05) is 0 Å². The molecular weight excluding hydrogens is 226 g/mol. The van der Waals surface area contributed by atoms with Gasteiger partial charge in [-0.15, -0.1) is 11.3 Å². The molecule has 1 aliphatic carbocycles. The largest absolute Gasteiger partial charge is 0.248 e. The smallest absolute Gasteiger partial charge is 0.103 e. The Morgan fingerprint density at radius 2 is 2.00 bits per heavy atom. The van der Waals surface area contributed by atoms with Crippen LogP contribution < -0.4 is 0 Å². The van der Waals surface area contributed by atoms with Gasteiger partial charge in [-0.2, -0.15) is 0 Å². The van der Waals surface area contributed by atoms with Crippen molar-refractivity contribution in [1.29, 1.82) is 0 Å². The Hall–Kier alpha value is -1.15. The van der Waals surface area contributed by atoms with Gasteiger partial charge in [0.25, 0.3) is 0 Å². The maximum Gasteiger partial charge on any atom is 0.103 e. The molecule has 0 spiro atoms. The molecule has 0 radical (unpaired) electrons. The highest BCUT2D eigenvalue weighted by Crippen LogP contribution is 2.49. The lowest BCUT2D eigenvalue weighted by atomic mass is 9.65. The lowest BCUT2D eigenvalue weighted by molar-refractivity contribution is 0.300. The van der Waals surface area contributed by atoms with E-state index in [1.165, 1.54) is 34.7 Å². The average Bonchev–Trinajstić information content (AvgIpc) is 2.78. The summed E-state index contributed by atoms with van der Waals surface area (Å²) in [7, 11) is 0. The SMILES string of the molecule is CCc1cnc(C2(c3ccccc3)CCC2)s1. The van der Waals surface area contributed by atoms with Gasteiger partial charge in [0.15, 0.2) is 0 Å². The Morgan fingerprint density at radius 3 is 2.53 bits per heavy atom. The summed E-state index contributed by atoms with van der Waals surface area (Å²) in [5, 5.41) is 1.33. The van der Waals surface area contributed by atoms with Crippen molar-refractivity contribution in [3.8, 4) is 0 Å². The zero-order valence-electron chi connectivity index (χ0n) is 10.1. The Bertz CT molecular complexity index is 497. The van der Waals surface area contributed by atoms with Gasteiger partial charge < -0.3 is 0 Å². The highest BCUT2D eigenvalue weighted by Gasteiger charge is 2.42. The van der Waals surface area contributed by atoms with E-state index >= 15 is 0 Å². The van der Waals surface area contributed by atoms with Crippen LogP contribution in [-0.4, -0.2) is 4.98 Å². The molecule has 2 aromatic rings. The monoisotopic (exact) mass is 243 g/mol. The van der Waals surface area contributed by atoms with Crippen molar-refractivity contribution in [3.05, 3.63) is 52.0 Å². The minimum atomic E-state index is 0.235. The van der Waals surface area contributed by atoms with E-state index in [9.17, 15) is 0 Å². The zero-order chi connectivity index (χ0) is 11.7. The molecule has 0 saturated heterocycles. The normalized spacial score (nSPS) is 17.7. The maximum atomic E-state index is 4.68. The van der Waals surface area contributed by atoms with Gasteiger partial charge in [-0.3, -0.25) is 0 Å². The van der Waals surface area contributed by atoms with E-state index in [0.29, 0.717) is 0 Å². The number of nitrogens with zero attached hydrogens (tertiary/aromatic N) is 1. The number of hydrogen-bond acceptors (Lipinski definition) is 2. The molecule has 88 valence electrons. The summed E-state index contributed by atoms with van der Waals surface area (Å²) < 4.78 is 0. The Kier molecular flexibility index (Phi) is 2.75. The van der Waals surface area contributed by atoms with Gasteiger partial charge in [0.05, 0.1) is 0 Å². The first-order valence-electron chi connectivity index (χ1n) is 6.36. The van der Waals surface area contributed by atoms with Crippen molar-refractivity contribution in [2.45, 2.75) is 38.0 Å². The zero-order valence-corrected chi connectivity index (χ0v) is 11.0. The first kappa shape index (κ1) is 11.0. The molecule has 0 N–H and O–H groups in total. The van der Waals surface area contributed by atoms with Gasteiger partial charge in [-0.25, -0.2) is 4.98 Å². The molecule has 1 saturated carbocycles. The summed E-state index contributed by atoms with van der Waals surface area (Å²) in [6.45, 7) is 2.20. The van der Waals surface area contributed by atoms with Crippen molar-refractivity contribution in [3.63, 3.8) is 0 Å². The summed E-state index contributed by atoms with van der Waals surface area (Å²) in [4.78, 5) is 6.08. The van der Waals surface area contributed by atoms with Gasteiger partial charge >= 0.3 is 0 Å². The van der Waals surface area contributed by atoms with Crippen LogP contribution >= 0.6 is 11.3 Å². The number of benzene rings is 1. The summed E-state index contributed by atoms with van der Waals surface area (Å²) in [5.41, 5.74) is 1.68. The molecule has 0 unspecified atom stereocenters. The van der Waals surface area contributed by atoms with Crippen LogP contribution in [0.25, 0.3) is 0 Å². The molecule has 0 amide bonds. The highest BCUT2D eigenvalue weighted by molar-refractivity contribution is 7.11. The Balaban J connectivity index is 2.02. The fourth-order valence-corrected chi connectivity index (χ4v) is 3.73. The number of aromatic nitrogens is 1. The molecule has 1 aromatic carbocycles. The summed E-state index contributed by atoms with van der Waals surface area (Å²) in [6, 6.07) is 10.9. The second-order valence-electron chi connectivity index (χ2n) is 4.79. The van der Waals surface area contributed by atoms with Crippen molar-refractivity contribution >= 4 is 11.3 Å². The fraction of sp³-hybridized carbons (Fsp3) is 0.400. The van der Waals surface area contributed by atoms with E-state index in [1.807, 2.05) is 11.3 Å². The Labute approximate surface area is 107 Å². The van der Waals surface area contributed by atoms with Crippen LogP contribution in [0, 0.1) is 0 Å². The maximum absolute atomic E-state index is 4.68.